The van der Waals surface area contributed by atoms with E-state index < -0.39 is 0 Å². The number of hydrogen-bond donors (Lipinski definition) is 1. The van der Waals surface area contributed by atoms with Crippen LogP contribution in [0.5, 0.6) is 0 Å². The Morgan fingerprint density at radius 1 is 1.47 bits per heavy atom. The Kier molecular flexibility index (Phi) is 2.93. The maximum Gasteiger partial charge on any atom is 0.254 e. The highest BCUT2D eigenvalue weighted by Gasteiger charge is 2.24. The number of fused-ring (bicyclic) bond motifs is 1. The highest BCUT2D eigenvalue weighted by molar-refractivity contribution is 6.32. The van der Waals surface area contributed by atoms with Crippen molar-refractivity contribution in [1.29, 1.82) is 0 Å². The summed E-state index contributed by atoms with van der Waals surface area (Å²) in [6.07, 6.45) is 0.765. The van der Waals surface area contributed by atoms with E-state index >= 15 is 0 Å². The van der Waals surface area contributed by atoms with Crippen LogP contribution in [0, 0.1) is 0 Å². The van der Waals surface area contributed by atoms with Gasteiger partial charge < -0.3 is 10.0 Å². The fourth-order valence-corrected chi connectivity index (χ4v) is 2.13. The summed E-state index contributed by atoms with van der Waals surface area (Å²) in [5, 5.41) is 9.48. The highest BCUT2D eigenvalue weighted by atomic mass is 35.5. The molecule has 1 aromatic rings. The molecule has 0 spiro atoms. The van der Waals surface area contributed by atoms with Crippen LogP contribution in [0.3, 0.4) is 0 Å². The number of carbonyl (C=O) groups excluding carboxylic acids is 1. The molecule has 0 aliphatic carbocycles. The molecule has 0 saturated carbocycles. The van der Waals surface area contributed by atoms with Crippen LogP contribution in [0.2, 0.25) is 5.02 Å². The van der Waals surface area contributed by atoms with Crippen LogP contribution in [0.4, 0.5) is 0 Å². The van der Waals surface area contributed by atoms with E-state index in [1.165, 1.54) is 0 Å². The molecule has 4 heteroatoms. The van der Waals surface area contributed by atoms with Crippen LogP contribution in [-0.4, -0.2) is 35.6 Å². The summed E-state index contributed by atoms with van der Waals surface area (Å²) >= 11 is 6.01. The summed E-state index contributed by atoms with van der Waals surface area (Å²) in [4.78, 5) is 13.6. The standard InChI is InChI=1S/C11H12ClNO2/c12-10-3-1-2-9-8(10)4-5-13(6-7-14)11(9)15/h1-3,14H,4-7H2. The fraction of sp³-hybridized carbons (Fsp3) is 0.364. The van der Waals surface area contributed by atoms with Crippen molar-refractivity contribution in [3.63, 3.8) is 0 Å². The van der Waals surface area contributed by atoms with Crippen molar-refractivity contribution in [2.24, 2.45) is 0 Å². The Hall–Kier alpha value is -1.06. The predicted molar refractivity (Wildman–Crippen MR) is 58.1 cm³/mol. The first kappa shape index (κ1) is 10.5. The number of amides is 1. The molecule has 1 aliphatic rings. The molecule has 1 heterocycles. The largest absolute Gasteiger partial charge is 0.395 e. The number of nitrogens with zero attached hydrogens (tertiary/aromatic N) is 1. The fourth-order valence-electron chi connectivity index (χ4n) is 1.87. The van der Waals surface area contributed by atoms with Crippen LogP contribution >= 0.6 is 11.6 Å². The van der Waals surface area contributed by atoms with Gasteiger partial charge in [0.15, 0.2) is 0 Å². The van der Waals surface area contributed by atoms with E-state index in [4.69, 9.17) is 16.7 Å². The third-order valence-corrected chi connectivity index (χ3v) is 2.99. The third-order valence-electron chi connectivity index (χ3n) is 2.64. The van der Waals surface area contributed by atoms with Gasteiger partial charge in [0.1, 0.15) is 0 Å². The number of aliphatic hydroxyl groups is 1. The zero-order valence-electron chi connectivity index (χ0n) is 8.24. The van der Waals surface area contributed by atoms with E-state index in [0.717, 1.165) is 12.0 Å². The number of aliphatic hydroxyl groups excluding tert-OH is 1. The summed E-state index contributed by atoms with van der Waals surface area (Å²) in [6.45, 7) is 1.03. The Morgan fingerprint density at radius 2 is 2.27 bits per heavy atom. The number of hydrogen-bond acceptors (Lipinski definition) is 2. The molecule has 80 valence electrons. The van der Waals surface area contributed by atoms with Crippen LogP contribution in [-0.2, 0) is 6.42 Å². The molecule has 0 unspecified atom stereocenters. The number of β-amino-alcohol motifs (C(OH)–C–C–N with tert-alkyl or cyclic N) is 1. The normalized spacial score (nSPS) is 15.3. The second kappa shape index (κ2) is 4.21. The van der Waals surface area contributed by atoms with E-state index in [-0.39, 0.29) is 12.5 Å². The SMILES string of the molecule is O=C1c2cccc(Cl)c2CCN1CCO. The first-order valence-electron chi connectivity index (χ1n) is 4.91. The summed E-state index contributed by atoms with van der Waals surface area (Å²) in [5.74, 6) is -0.0344. The molecule has 1 aromatic carbocycles. The molecule has 0 atom stereocenters. The van der Waals surface area contributed by atoms with Crippen LogP contribution in [0.15, 0.2) is 18.2 Å². The third kappa shape index (κ3) is 1.85. The minimum absolute atomic E-state index is 0.00163. The average Bonchev–Trinajstić information content (AvgIpc) is 2.23. The van der Waals surface area contributed by atoms with Crippen molar-refractivity contribution < 1.29 is 9.90 Å². The average molecular weight is 226 g/mol. The molecule has 2 rings (SSSR count). The number of rotatable bonds is 2. The maximum absolute atomic E-state index is 11.9. The van der Waals surface area contributed by atoms with Gasteiger partial charge in [0.25, 0.3) is 5.91 Å². The van der Waals surface area contributed by atoms with Gasteiger partial charge in [-0.2, -0.15) is 0 Å². The van der Waals surface area contributed by atoms with Gasteiger partial charge in [-0.3, -0.25) is 4.79 Å². The van der Waals surface area contributed by atoms with Crippen molar-refractivity contribution in [2.45, 2.75) is 6.42 Å². The van der Waals surface area contributed by atoms with E-state index in [2.05, 4.69) is 0 Å². The van der Waals surface area contributed by atoms with Crippen molar-refractivity contribution in [3.05, 3.63) is 34.3 Å². The molecular formula is C11H12ClNO2. The number of benzene rings is 1. The molecule has 3 nitrogen and oxygen atoms in total. The van der Waals surface area contributed by atoms with Gasteiger partial charge >= 0.3 is 0 Å². The molecule has 0 fully saturated rings. The van der Waals surface area contributed by atoms with E-state index in [1.54, 1.807) is 23.1 Å². The minimum Gasteiger partial charge on any atom is -0.395 e. The van der Waals surface area contributed by atoms with Gasteiger partial charge in [0.2, 0.25) is 0 Å². The van der Waals surface area contributed by atoms with Gasteiger partial charge in [-0.1, -0.05) is 17.7 Å². The minimum atomic E-state index is -0.0344. The van der Waals surface area contributed by atoms with Gasteiger partial charge in [0, 0.05) is 23.7 Å². The quantitative estimate of drug-likeness (QED) is 0.825. The molecule has 0 saturated heterocycles. The zero-order chi connectivity index (χ0) is 10.8. The summed E-state index contributed by atoms with van der Waals surface area (Å²) in [6, 6.07) is 5.37. The Labute approximate surface area is 93.3 Å². The van der Waals surface area contributed by atoms with E-state index in [9.17, 15) is 4.79 Å². The number of carbonyl (C=O) groups is 1. The van der Waals surface area contributed by atoms with Crippen molar-refractivity contribution in [1.82, 2.24) is 4.90 Å². The van der Waals surface area contributed by atoms with Gasteiger partial charge in [-0.25, -0.2) is 0 Å². The molecule has 1 aliphatic heterocycles. The first-order chi connectivity index (χ1) is 7.24. The Balaban J connectivity index is 2.34. The first-order valence-corrected chi connectivity index (χ1v) is 5.29. The van der Waals surface area contributed by atoms with Gasteiger partial charge in [-0.15, -0.1) is 0 Å². The predicted octanol–water partition coefficient (Wildman–Crippen LogP) is 1.33. The van der Waals surface area contributed by atoms with Crippen LogP contribution < -0.4 is 0 Å². The highest BCUT2D eigenvalue weighted by Crippen LogP contribution is 2.25. The monoisotopic (exact) mass is 225 g/mol. The zero-order valence-corrected chi connectivity index (χ0v) is 9.00. The molecule has 0 aromatic heterocycles. The smallest absolute Gasteiger partial charge is 0.254 e. The van der Waals surface area contributed by atoms with Crippen LogP contribution in [0.1, 0.15) is 15.9 Å². The molecule has 15 heavy (non-hydrogen) atoms. The van der Waals surface area contributed by atoms with Gasteiger partial charge in [-0.05, 0) is 24.1 Å². The lowest BCUT2D eigenvalue weighted by atomic mass is 9.99. The molecular weight excluding hydrogens is 214 g/mol. The Bertz CT molecular complexity index is 392. The van der Waals surface area contributed by atoms with Crippen LogP contribution in [0.25, 0.3) is 0 Å². The maximum atomic E-state index is 11.9. The molecule has 1 N–H and O–H groups in total. The second-order valence-corrected chi connectivity index (χ2v) is 3.94. The number of halogens is 1. The van der Waals surface area contributed by atoms with Crippen molar-refractivity contribution in [2.75, 3.05) is 19.7 Å². The molecule has 1 amide bonds. The van der Waals surface area contributed by atoms with E-state index in [0.29, 0.717) is 23.7 Å². The lowest BCUT2D eigenvalue weighted by Gasteiger charge is -2.28. The van der Waals surface area contributed by atoms with Gasteiger partial charge in [0.05, 0.1) is 6.61 Å². The van der Waals surface area contributed by atoms with E-state index in [1.807, 2.05) is 0 Å². The molecule has 0 bridgehead atoms. The summed E-state index contributed by atoms with van der Waals surface area (Å²) in [7, 11) is 0. The Morgan fingerprint density at radius 3 is 3.00 bits per heavy atom. The molecule has 0 radical (unpaired) electrons. The lowest BCUT2D eigenvalue weighted by Crippen LogP contribution is -2.39. The second-order valence-electron chi connectivity index (χ2n) is 3.53. The van der Waals surface area contributed by atoms with Crippen molar-refractivity contribution >= 4 is 17.5 Å². The topological polar surface area (TPSA) is 40.5 Å². The lowest BCUT2D eigenvalue weighted by molar-refractivity contribution is 0.0705. The van der Waals surface area contributed by atoms with Crippen molar-refractivity contribution in [3.8, 4) is 0 Å². The summed E-state index contributed by atoms with van der Waals surface area (Å²) in [5.41, 5.74) is 1.60. The summed E-state index contributed by atoms with van der Waals surface area (Å²) < 4.78 is 0.